The van der Waals surface area contributed by atoms with Crippen LogP contribution < -0.4 is 4.73 Å². The Balaban J connectivity index is 2.53. The zero-order valence-corrected chi connectivity index (χ0v) is 7.71. The molecule has 0 bridgehead atoms. The third-order valence-corrected chi connectivity index (χ3v) is 1.85. The number of aryl methyl sites for hydroxylation is 1. The average molecular weight is 187 g/mol. The molecule has 0 unspecified atom stereocenters. The van der Waals surface area contributed by atoms with Crippen molar-refractivity contribution in [1.82, 2.24) is 10.2 Å². The molecular formula is C10H9N3O. The fourth-order valence-corrected chi connectivity index (χ4v) is 1.20. The summed E-state index contributed by atoms with van der Waals surface area (Å²) < 4.78 is 0.734. The van der Waals surface area contributed by atoms with Crippen LogP contribution in [0.5, 0.6) is 0 Å². The van der Waals surface area contributed by atoms with Crippen LogP contribution in [0, 0.1) is 12.1 Å². The van der Waals surface area contributed by atoms with Crippen molar-refractivity contribution >= 4 is 0 Å². The zero-order chi connectivity index (χ0) is 9.97. The molecule has 0 saturated carbocycles. The van der Waals surface area contributed by atoms with Crippen molar-refractivity contribution in [2.24, 2.45) is 0 Å². The lowest BCUT2D eigenvalue weighted by Crippen LogP contribution is -2.31. The fraction of sp³-hybridized carbons (Fsp3) is 0.100. The van der Waals surface area contributed by atoms with Gasteiger partial charge in [-0.1, -0.05) is 18.2 Å². The zero-order valence-electron chi connectivity index (χ0n) is 7.71. The molecule has 1 aromatic carbocycles. The second-order valence-corrected chi connectivity index (χ2v) is 2.99. The summed E-state index contributed by atoms with van der Waals surface area (Å²) in [7, 11) is 0. The van der Waals surface area contributed by atoms with E-state index in [0.717, 1.165) is 10.3 Å². The first-order valence-corrected chi connectivity index (χ1v) is 4.26. The predicted molar refractivity (Wildman–Crippen MR) is 51.2 cm³/mol. The van der Waals surface area contributed by atoms with Crippen molar-refractivity contribution in [3.05, 3.63) is 47.4 Å². The Labute approximate surface area is 81.4 Å². The van der Waals surface area contributed by atoms with Gasteiger partial charge in [-0.25, -0.2) is 4.73 Å². The molecule has 0 amide bonds. The molecule has 2 aromatic rings. The highest BCUT2D eigenvalue weighted by Crippen LogP contribution is 2.10. The summed E-state index contributed by atoms with van der Waals surface area (Å²) >= 11 is 0. The first kappa shape index (κ1) is 8.62. The highest BCUT2D eigenvalue weighted by molar-refractivity contribution is 5.50. The molecule has 70 valence electrons. The third kappa shape index (κ3) is 1.54. The maximum Gasteiger partial charge on any atom is 0.360 e. The van der Waals surface area contributed by atoms with E-state index in [1.165, 1.54) is 6.20 Å². The molecule has 0 atom stereocenters. The molecule has 0 radical (unpaired) electrons. The molecule has 14 heavy (non-hydrogen) atoms. The monoisotopic (exact) mass is 187 g/mol. The Kier molecular flexibility index (Phi) is 2.10. The van der Waals surface area contributed by atoms with Gasteiger partial charge in [-0.2, -0.15) is 0 Å². The van der Waals surface area contributed by atoms with E-state index < -0.39 is 0 Å². The van der Waals surface area contributed by atoms with Crippen molar-refractivity contribution < 1.29 is 4.73 Å². The molecule has 4 nitrogen and oxygen atoms in total. The second-order valence-electron chi connectivity index (χ2n) is 2.99. The first-order valence-electron chi connectivity index (χ1n) is 4.26. The van der Waals surface area contributed by atoms with E-state index >= 15 is 0 Å². The van der Waals surface area contributed by atoms with Gasteiger partial charge in [0, 0.05) is 0 Å². The van der Waals surface area contributed by atoms with Crippen LogP contribution in [-0.2, 0) is 0 Å². The Hall–Kier alpha value is -1.97. The number of hydrogen-bond donors (Lipinski definition) is 0. The van der Waals surface area contributed by atoms with Gasteiger partial charge >= 0.3 is 5.82 Å². The minimum Gasteiger partial charge on any atom is -0.710 e. The quantitative estimate of drug-likeness (QED) is 0.496. The molecule has 0 saturated heterocycles. The van der Waals surface area contributed by atoms with Gasteiger partial charge in [-0.3, -0.25) is 0 Å². The molecule has 4 heteroatoms. The van der Waals surface area contributed by atoms with Gasteiger partial charge in [0.1, 0.15) is 11.9 Å². The summed E-state index contributed by atoms with van der Waals surface area (Å²) in [5.74, 6) is 0.330. The fourth-order valence-electron chi connectivity index (χ4n) is 1.20. The van der Waals surface area contributed by atoms with Crippen LogP contribution in [0.2, 0.25) is 0 Å². The van der Waals surface area contributed by atoms with Gasteiger partial charge in [0.25, 0.3) is 0 Å². The van der Waals surface area contributed by atoms with Gasteiger partial charge in [0.05, 0.1) is 10.7 Å². The third-order valence-electron chi connectivity index (χ3n) is 1.85. The normalized spacial score (nSPS) is 10.1. The van der Waals surface area contributed by atoms with Gasteiger partial charge in [-0.15, -0.1) is 0 Å². The molecule has 0 N–H and O–H groups in total. The topological polar surface area (TPSA) is 52.7 Å². The van der Waals surface area contributed by atoms with Gasteiger partial charge in [0.15, 0.2) is 0 Å². The highest BCUT2D eigenvalue weighted by atomic mass is 16.5. The number of hydrogen-bond acceptors (Lipinski definition) is 3. The summed E-state index contributed by atoms with van der Waals surface area (Å²) in [6.07, 6.45) is 1.41. The van der Waals surface area contributed by atoms with E-state index in [2.05, 4.69) is 10.2 Å². The lowest BCUT2D eigenvalue weighted by molar-refractivity contribution is -0.597. The van der Waals surface area contributed by atoms with Crippen LogP contribution in [-0.4, -0.2) is 10.2 Å². The Morgan fingerprint density at radius 2 is 1.86 bits per heavy atom. The van der Waals surface area contributed by atoms with Crippen LogP contribution in [0.15, 0.2) is 36.5 Å². The van der Waals surface area contributed by atoms with Crippen LogP contribution >= 0.6 is 0 Å². The van der Waals surface area contributed by atoms with E-state index in [1.807, 2.05) is 30.3 Å². The Morgan fingerprint density at radius 1 is 1.14 bits per heavy atom. The van der Waals surface area contributed by atoms with Crippen LogP contribution in [0.3, 0.4) is 0 Å². The number of nitrogens with zero attached hydrogens (tertiary/aromatic N) is 3. The number of aromatic nitrogens is 3. The van der Waals surface area contributed by atoms with E-state index in [4.69, 9.17) is 0 Å². The highest BCUT2D eigenvalue weighted by Gasteiger charge is 2.11. The summed E-state index contributed by atoms with van der Waals surface area (Å²) in [5, 5.41) is 19.1. The number of rotatable bonds is 1. The largest absolute Gasteiger partial charge is 0.710 e. The lowest BCUT2D eigenvalue weighted by atomic mass is 10.2. The SMILES string of the molecule is Cc1c[n+]([O-])c(-c2ccccc2)nn1. The minimum absolute atomic E-state index is 0.330. The molecule has 0 spiro atoms. The molecule has 2 rings (SSSR count). The summed E-state index contributed by atoms with van der Waals surface area (Å²) in [6.45, 7) is 1.73. The maximum atomic E-state index is 11.5. The molecule has 0 aliphatic heterocycles. The number of benzene rings is 1. The van der Waals surface area contributed by atoms with Crippen molar-refractivity contribution in [3.8, 4) is 11.4 Å². The summed E-state index contributed by atoms with van der Waals surface area (Å²) in [4.78, 5) is 0. The standard InChI is InChI=1S/C10H9N3O/c1-8-7-13(14)10(12-11-8)9-5-3-2-4-6-9/h2-7H,1H3. The summed E-state index contributed by atoms with van der Waals surface area (Å²) in [5.41, 5.74) is 1.38. The van der Waals surface area contributed by atoms with Crippen molar-refractivity contribution in [2.75, 3.05) is 0 Å². The maximum absolute atomic E-state index is 11.5. The van der Waals surface area contributed by atoms with E-state index in [9.17, 15) is 5.21 Å². The van der Waals surface area contributed by atoms with E-state index in [1.54, 1.807) is 6.92 Å². The van der Waals surface area contributed by atoms with Crippen LogP contribution in [0.1, 0.15) is 5.69 Å². The van der Waals surface area contributed by atoms with Crippen molar-refractivity contribution in [1.29, 1.82) is 0 Å². The molecule has 0 aliphatic rings. The molecule has 0 aliphatic carbocycles. The van der Waals surface area contributed by atoms with Gasteiger partial charge in [0.2, 0.25) is 0 Å². The van der Waals surface area contributed by atoms with E-state index in [-0.39, 0.29) is 0 Å². The van der Waals surface area contributed by atoms with Crippen molar-refractivity contribution in [2.45, 2.75) is 6.92 Å². The average Bonchev–Trinajstić information content (AvgIpc) is 2.19. The Bertz CT molecular complexity index is 442. The van der Waals surface area contributed by atoms with Gasteiger partial charge < -0.3 is 5.21 Å². The predicted octanol–water partition coefficient (Wildman–Crippen LogP) is 1.09. The van der Waals surface area contributed by atoms with Gasteiger partial charge in [-0.05, 0) is 24.2 Å². The smallest absolute Gasteiger partial charge is 0.360 e. The molecule has 0 fully saturated rings. The molecule has 1 heterocycles. The lowest BCUT2D eigenvalue weighted by Gasteiger charge is -2.03. The van der Waals surface area contributed by atoms with Crippen molar-refractivity contribution in [3.63, 3.8) is 0 Å². The molecule has 1 aromatic heterocycles. The summed E-state index contributed by atoms with van der Waals surface area (Å²) in [6, 6.07) is 9.26. The minimum atomic E-state index is 0.330. The Morgan fingerprint density at radius 3 is 2.50 bits per heavy atom. The van der Waals surface area contributed by atoms with E-state index in [0.29, 0.717) is 11.5 Å². The second kappa shape index (κ2) is 3.41. The first-order chi connectivity index (χ1) is 6.77. The van der Waals surface area contributed by atoms with Crippen LogP contribution in [0.25, 0.3) is 11.4 Å². The molecular weight excluding hydrogens is 178 g/mol. The van der Waals surface area contributed by atoms with Crippen LogP contribution in [0.4, 0.5) is 0 Å².